The average molecular weight is 478 g/mol. The van der Waals surface area contributed by atoms with Crippen molar-refractivity contribution in [3.8, 4) is 0 Å². The summed E-state index contributed by atoms with van der Waals surface area (Å²) >= 11 is 0. The summed E-state index contributed by atoms with van der Waals surface area (Å²) in [5.74, 6) is 0. The zero-order valence-electron chi connectivity index (χ0n) is 13.9. The van der Waals surface area contributed by atoms with Gasteiger partial charge in [0.15, 0.2) is 0 Å². The molecule has 0 heterocycles. The summed E-state index contributed by atoms with van der Waals surface area (Å²) in [5.41, 5.74) is 1.64. The number of benzene rings is 3. The van der Waals surface area contributed by atoms with Crippen molar-refractivity contribution in [2.24, 2.45) is 0 Å². The van der Waals surface area contributed by atoms with Gasteiger partial charge in [-0.05, 0) is 5.41 Å². The van der Waals surface area contributed by atoms with E-state index >= 15 is 0 Å². The van der Waals surface area contributed by atoms with Crippen molar-refractivity contribution >= 4 is 0 Å². The Balaban J connectivity index is 0.000000325. The summed E-state index contributed by atoms with van der Waals surface area (Å²) < 4.78 is 0. The summed E-state index contributed by atoms with van der Waals surface area (Å²) in [6, 6.07) is 36.1. The molecule has 0 fully saturated rings. The van der Waals surface area contributed by atoms with E-state index in [1.54, 1.807) is 0 Å². The first kappa shape index (κ1) is 21.3. The van der Waals surface area contributed by atoms with Crippen LogP contribution in [0.5, 0.6) is 0 Å². The van der Waals surface area contributed by atoms with E-state index in [1.807, 2.05) is 72.8 Å². The molecule has 0 amide bonds. The van der Waals surface area contributed by atoms with E-state index in [0.717, 1.165) is 0 Å². The van der Waals surface area contributed by atoms with Gasteiger partial charge in [0.2, 0.25) is 0 Å². The zero-order chi connectivity index (χ0) is 16.1. The van der Waals surface area contributed by atoms with Crippen LogP contribution < -0.4 is 0 Å². The molecule has 0 atom stereocenters. The van der Waals surface area contributed by atoms with Crippen molar-refractivity contribution < 1.29 is 19.8 Å². The number of hydrogen-bond donors (Lipinski definition) is 0. The summed E-state index contributed by atoms with van der Waals surface area (Å²) in [4.78, 5) is 0. The van der Waals surface area contributed by atoms with Crippen LogP contribution in [-0.4, -0.2) is 0 Å². The van der Waals surface area contributed by atoms with Gasteiger partial charge in [-0.2, -0.15) is 109 Å². The van der Waals surface area contributed by atoms with Crippen molar-refractivity contribution in [3.63, 3.8) is 0 Å². The van der Waals surface area contributed by atoms with Gasteiger partial charge in [0, 0.05) is 0 Å². The fourth-order valence-electron chi connectivity index (χ4n) is 1.57. The van der Waals surface area contributed by atoms with Gasteiger partial charge in [0.25, 0.3) is 0 Å². The Morgan fingerprint density at radius 1 is 0.565 bits per heavy atom. The van der Waals surface area contributed by atoms with Gasteiger partial charge in [-0.3, -0.25) is 0 Å². The van der Waals surface area contributed by atoms with Crippen molar-refractivity contribution in [1.29, 1.82) is 0 Å². The van der Waals surface area contributed by atoms with Gasteiger partial charge in [-0.1, -0.05) is 20.8 Å². The number of hydrogen-bond acceptors (Lipinski definition) is 0. The van der Waals surface area contributed by atoms with E-state index in [1.165, 1.54) is 5.56 Å². The molecule has 0 radical (unpaired) electrons. The largest absolute Gasteiger partial charge is 4.00 e. The van der Waals surface area contributed by atoms with E-state index < -0.39 is 0 Å². The van der Waals surface area contributed by atoms with Crippen LogP contribution in [0.3, 0.4) is 0 Å². The van der Waals surface area contributed by atoms with Crippen LogP contribution in [0.15, 0.2) is 84.9 Å². The molecular weight excluding hydrogens is 454 g/mol. The van der Waals surface area contributed by atoms with Gasteiger partial charge in [0.05, 0.1) is 0 Å². The summed E-state index contributed by atoms with van der Waals surface area (Å²) in [5, 5.41) is 0. The van der Waals surface area contributed by atoms with E-state index in [4.69, 9.17) is 0 Å². The third kappa shape index (κ3) is 11.5. The van der Waals surface area contributed by atoms with E-state index in [0.29, 0.717) is 0 Å². The second-order valence-electron chi connectivity index (χ2n) is 5.69. The Morgan fingerprint density at radius 2 is 0.913 bits per heavy atom. The van der Waals surface area contributed by atoms with Gasteiger partial charge in [-0.15, -0.1) is 0 Å². The van der Waals surface area contributed by atoms with Crippen LogP contribution in [-0.2, 0) is 25.2 Å². The van der Waals surface area contributed by atoms with Crippen LogP contribution in [0.25, 0.3) is 0 Å². The molecule has 0 unspecified atom stereocenters. The van der Waals surface area contributed by atoms with Gasteiger partial charge in [0.1, 0.15) is 0 Å². The van der Waals surface area contributed by atoms with Crippen LogP contribution in [0, 0.1) is 18.2 Å². The quantitative estimate of drug-likeness (QED) is 0.362. The summed E-state index contributed by atoms with van der Waals surface area (Å²) in [6.07, 6.45) is 0. The normalized spacial score (nSPS) is 9.17. The first-order valence-corrected chi connectivity index (χ1v) is 7.39. The first-order chi connectivity index (χ1) is 10.6. The molecular formula is C22H23Os+. The van der Waals surface area contributed by atoms with Crippen LogP contribution in [0.4, 0.5) is 0 Å². The van der Waals surface area contributed by atoms with Crippen LogP contribution in [0.2, 0.25) is 0 Å². The third-order valence-corrected chi connectivity index (χ3v) is 2.80. The molecule has 118 valence electrons. The van der Waals surface area contributed by atoms with Crippen LogP contribution in [0.1, 0.15) is 26.3 Å². The molecule has 23 heavy (non-hydrogen) atoms. The molecule has 0 bridgehead atoms. The molecule has 3 aromatic rings. The Morgan fingerprint density at radius 3 is 1.09 bits per heavy atom. The second kappa shape index (κ2) is 12.8. The molecule has 0 N–H and O–H groups in total. The van der Waals surface area contributed by atoms with Crippen molar-refractivity contribution in [2.45, 2.75) is 26.2 Å². The molecule has 0 aliphatic rings. The Bertz CT molecular complexity index is 484. The Kier molecular flexibility index (Phi) is 11.9. The first-order valence-electron chi connectivity index (χ1n) is 7.39. The maximum atomic E-state index is 3.00. The third-order valence-electron chi connectivity index (χ3n) is 2.80. The fourth-order valence-corrected chi connectivity index (χ4v) is 1.57. The minimum atomic E-state index is 0. The maximum Gasteiger partial charge on any atom is 4.00 e. The molecule has 0 aliphatic heterocycles. The maximum absolute atomic E-state index is 3.00. The van der Waals surface area contributed by atoms with Gasteiger partial charge >= 0.3 is 19.8 Å². The topological polar surface area (TPSA) is 0 Å². The van der Waals surface area contributed by atoms with Crippen molar-refractivity contribution in [1.82, 2.24) is 0 Å². The average Bonchev–Trinajstić information content (AvgIpc) is 2.59. The predicted octanol–water partition coefficient (Wildman–Crippen LogP) is 5.76. The SMILES string of the molecule is CC(C)(C)c1cc[c-]cc1.[Os+4].[c-]1ccccc1.[c-]1ccccc1. The zero-order valence-corrected chi connectivity index (χ0v) is 16.5. The van der Waals surface area contributed by atoms with E-state index in [9.17, 15) is 0 Å². The van der Waals surface area contributed by atoms with E-state index in [2.05, 4.69) is 51.1 Å². The minimum Gasteiger partial charge on any atom is -0.184 e. The molecule has 0 aromatic heterocycles. The molecule has 0 saturated heterocycles. The molecule has 0 saturated carbocycles. The smallest absolute Gasteiger partial charge is 0.184 e. The minimum absolute atomic E-state index is 0. The van der Waals surface area contributed by atoms with E-state index in [-0.39, 0.29) is 25.2 Å². The Labute approximate surface area is 154 Å². The van der Waals surface area contributed by atoms with Crippen molar-refractivity contribution in [2.75, 3.05) is 0 Å². The predicted molar refractivity (Wildman–Crippen MR) is 94.5 cm³/mol. The fraction of sp³-hybridized carbons (Fsp3) is 0.182. The van der Waals surface area contributed by atoms with Gasteiger partial charge in [-0.25, -0.2) is 0 Å². The molecule has 1 heteroatoms. The molecule has 0 aliphatic carbocycles. The monoisotopic (exact) mass is 479 g/mol. The Hall–Kier alpha value is -1.70. The molecule has 3 rings (SSSR count). The second-order valence-corrected chi connectivity index (χ2v) is 5.69. The standard InChI is InChI=1S/C10H13.2C6H5.Os/c1-10(2,3)9-7-5-4-6-8-9;2*1-2-4-6-5-3-1;/h5-8H,1-3H3;2*1-5H;/q3*-1;+4. The van der Waals surface area contributed by atoms with Crippen molar-refractivity contribution in [3.05, 3.63) is 109 Å². The molecule has 3 aromatic carbocycles. The van der Waals surface area contributed by atoms with Crippen LogP contribution >= 0.6 is 0 Å². The summed E-state index contributed by atoms with van der Waals surface area (Å²) in [6.45, 7) is 6.63. The molecule has 0 spiro atoms. The molecule has 0 nitrogen and oxygen atoms in total. The number of rotatable bonds is 0. The van der Waals surface area contributed by atoms with Gasteiger partial charge < -0.3 is 0 Å². The summed E-state index contributed by atoms with van der Waals surface area (Å²) in [7, 11) is 0.